The van der Waals surface area contributed by atoms with E-state index >= 15 is 0 Å². The van der Waals surface area contributed by atoms with Crippen molar-refractivity contribution in [2.45, 2.75) is 26.8 Å². The lowest BCUT2D eigenvalue weighted by Crippen LogP contribution is -2.45. The van der Waals surface area contributed by atoms with Crippen molar-refractivity contribution < 1.29 is 19.5 Å². The summed E-state index contributed by atoms with van der Waals surface area (Å²) in [6.45, 7) is 5.11. The molecular weight excluding hydrogens is 238 g/mol. The number of rotatable bonds is 6. The molecule has 3 amide bonds. The Morgan fingerprint density at radius 2 is 1.78 bits per heavy atom. The van der Waals surface area contributed by atoms with Gasteiger partial charge in [0.05, 0.1) is 5.92 Å². The number of carbonyl (C=O) groups excluding carboxylic acids is 2. The molecule has 0 aliphatic rings. The molecule has 0 aliphatic heterocycles. The van der Waals surface area contributed by atoms with Gasteiger partial charge in [0.25, 0.3) is 0 Å². The Kier molecular flexibility index (Phi) is 6.77. The molecule has 0 heterocycles. The zero-order chi connectivity index (χ0) is 14.3. The molecular formula is C11H21N3O4. The molecule has 0 saturated heterocycles. The van der Waals surface area contributed by atoms with Gasteiger partial charge in [-0.1, -0.05) is 6.92 Å². The number of nitrogens with zero attached hydrogens (tertiary/aromatic N) is 1. The zero-order valence-electron chi connectivity index (χ0n) is 11.2. The van der Waals surface area contributed by atoms with Crippen molar-refractivity contribution >= 4 is 17.9 Å². The first kappa shape index (κ1) is 16.2. The first-order chi connectivity index (χ1) is 8.23. The highest BCUT2D eigenvalue weighted by Gasteiger charge is 2.16. The van der Waals surface area contributed by atoms with E-state index in [9.17, 15) is 14.4 Å². The van der Waals surface area contributed by atoms with Crippen LogP contribution < -0.4 is 10.6 Å². The van der Waals surface area contributed by atoms with Crippen LogP contribution in [-0.2, 0) is 9.59 Å². The maximum absolute atomic E-state index is 11.5. The molecule has 0 aromatic rings. The standard InChI is InChI=1S/C11H21N3O4/c1-7(2)13-9(15)6-14(4)11(18)12-5-8(3)10(16)17/h7-8H,5-6H2,1-4H3,(H,12,18)(H,13,15)(H,16,17). The molecule has 0 aromatic heterocycles. The van der Waals surface area contributed by atoms with Gasteiger partial charge >= 0.3 is 12.0 Å². The van der Waals surface area contributed by atoms with Crippen molar-refractivity contribution in [3.05, 3.63) is 0 Å². The number of hydrogen-bond acceptors (Lipinski definition) is 3. The predicted octanol–water partition coefficient (Wildman–Crippen LogP) is -0.127. The van der Waals surface area contributed by atoms with Gasteiger partial charge in [-0.05, 0) is 13.8 Å². The van der Waals surface area contributed by atoms with Crippen molar-refractivity contribution in [2.24, 2.45) is 5.92 Å². The number of aliphatic carboxylic acids is 1. The molecule has 0 aliphatic carbocycles. The van der Waals surface area contributed by atoms with Gasteiger partial charge in [-0.15, -0.1) is 0 Å². The predicted molar refractivity (Wildman–Crippen MR) is 66.1 cm³/mol. The Labute approximate surface area is 107 Å². The molecule has 0 rings (SSSR count). The normalized spacial score (nSPS) is 11.8. The van der Waals surface area contributed by atoms with Crippen LogP contribution in [0.5, 0.6) is 0 Å². The summed E-state index contributed by atoms with van der Waals surface area (Å²) in [6, 6.07) is -0.456. The van der Waals surface area contributed by atoms with Crippen molar-refractivity contribution in [1.82, 2.24) is 15.5 Å². The SMILES string of the molecule is CC(C)NC(=O)CN(C)C(=O)NCC(C)C(=O)O. The minimum Gasteiger partial charge on any atom is -0.481 e. The Hall–Kier alpha value is -1.79. The molecule has 0 bridgehead atoms. The molecule has 7 heteroatoms. The topological polar surface area (TPSA) is 98.7 Å². The van der Waals surface area contributed by atoms with Crippen LogP contribution in [-0.4, -0.2) is 54.1 Å². The second-order valence-corrected chi connectivity index (χ2v) is 4.50. The number of carboxylic acid groups (broad SMARTS) is 1. The molecule has 7 nitrogen and oxygen atoms in total. The van der Waals surface area contributed by atoms with Crippen LogP contribution in [0.4, 0.5) is 4.79 Å². The fraction of sp³-hybridized carbons (Fsp3) is 0.727. The highest BCUT2D eigenvalue weighted by Crippen LogP contribution is 1.93. The van der Waals surface area contributed by atoms with E-state index in [1.165, 1.54) is 18.9 Å². The minimum atomic E-state index is -0.976. The quantitative estimate of drug-likeness (QED) is 0.619. The fourth-order valence-corrected chi connectivity index (χ4v) is 1.12. The van der Waals surface area contributed by atoms with E-state index in [0.29, 0.717) is 0 Å². The number of carbonyl (C=O) groups is 3. The molecule has 1 atom stereocenters. The third-order valence-corrected chi connectivity index (χ3v) is 2.16. The summed E-state index contributed by atoms with van der Waals surface area (Å²) in [4.78, 5) is 34.7. The van der Waals surface area contributed by atoms with E-state index in [2.05, 4.69) is 10.6 Å². The van der Waals surface area contributed by atoms with Crippen LogP contribution in [0.1, 0.15) is 20.8 Å². The van der Waals surface area contributed by atoms with Crippen molar-refractivity contribution in [3.8, 4) is 0 Å². The molecule has 18 heavy (non-hydrogen) atoms. The third kappa shape index (κ3) is 6.72. The summed E-state index contributed by atoms with van der Waals surface area (Å²) in [7, 11) is 1.47. The molecule has 3 N–H and O–H groups in total. The summed E-state index contributed by atoms with van der Waals surface area (Å²) in [5, 5.41) is 13.8. The maximum atomic E-state index is 11.5. The minimum absolute atomic E-state index is 0.0148. The largest absolute Gasteiger partial charge is 0.481 e. The van der Waals surface area contributed by atoms with Gasteiger partial charge in [0, 0.05) is 19.6 Å². The number of urea groups is 1. The van der Waals surface area contributed by atoms with Gasteiger partial charge in [-0.25, -0.2) is 4.79 Å². The van der Waals surface area contributed by atoms with Gasteiger partial charge in [-0.3, -0.25) is 9.59 Å². The first-order valence-electron chi connectivity index (χ1n) is 5.75. The molecule has 0 spiro atoms. The van der Waals surface area contributed by atoms with E-state index < -0.39 is 17.9 Å². The molecule has 0 saturated carbocycles. The van der Waals surface area contributed by atoms with Crippen LogP contribution in [0.25, 0.3) is 0 Å². The van der Waals surface area contributed by atoms with E-state index in [1.54, 1.807) is 0 Å². The van der Waals surface area contributed by atoms with Gasteiger partial charge in [0.1, 0.15) is 6.54 Å². The zero-order valence-corrected chi connectivity index (χ0v) is 11.2. The first-order valence-corrected chi connectivity index (χ1v) is 5.75. The molecule has 0 fully saturated rings. The lowest BCUT2D eigenvalue weighted by atomic mass is 10.2. The Balaban J connectivity index is 4.03. The van der Waals surface area contributed by atoms with E-state index in [1.807, 2.05) is 13.8 Å². The molecule has 1 unspecified atom stereocenters. The second kappa shape index (κ2) is 7.52. The average molecular weight is 259 g/mol. The molecule has 0 aromatic carbocycles. The third-order valence-electron chi connectivity index (χ3n) is 2.16. The molecule has 0 radical (unpaired) electrons. The number of carboxylic acids is 1. The smallest absolute Gasteiger partial charge is 0.317 e. The number of nitrogens with one attached hydrogen (secondary N) is 2. The Bertz CT molecular complexity index is 317. The summed E-state index contributed by atoms with van der Waals surface area (Å²) >= 11 is 0. The van der Waals surface area contributed by atoms with E-state index in [-0.39, 0.29) is 25.0 Å². The van der Waals surface area contributed by atoms with Gasteiger partial charge in [0.15, 0.2) is 0 Å². The Morgan fingerprint density at radius 3 is 2.22 bits per heavy atom. The fourth-order valence-electron chi connectivity index (χ4n) is 1.12. The van der Waals surface area contributed by atoms with Crippen LogP contribution in [0.2, 0.25) is 0 Å². The lowest BCUT2D eigenvalue weighted by molar-refractivity contribution is -0.140. The summed E-state index contributed by atoms with van der Waals surface area (Å²) < 4.78 is 0. The van der Waals surface area contributed by atoms with Crippen LogP contribution in [0, 0.1) is 5.92 Å². The lowest BCUT2D eigenvalue weighted by Gasteiger charge is -2.19. The van der Waals surface area contributed by atoms with Crippen LogP contribution in [0.15, 0.2) is 0 Å². The summed E-state index contributed by atoms with van der Waals surface area (Å²) in [6.07, 6.45) is 0. The van der Waals surface area contributed by atoms with Crippen molar-refractivity contribution in [1.29, 1.82) is 0 Å². The number of likely N-dealkylation sites (N-methyl/N-ethyl adjacent to an activating group) is 1. The van der Waals surface area contributed by atoms with Crippen LogP contribution in [0.3, 0.4) is 0 Å². The van der Waals surface area contributed by atoms with Crippen molar-refractivity contribution in [2.75, 3.05) is 20.1 Å². The average Bonchev–Trinajstić information content (AvgIpc) is 2.23. The second-order valence-electron chi connectivity index (χ2n) is 4.50. The van der Waals surface area contributed by atoms with E-state index in [4.69, 9.17) is 5.11 Å². The highest BCUT2D eigenvalue weighted by atomic mass is 16.4. The van der Waals surface area contributed by atoms with Gasteiger partial charge in [0.2, 0.25) is 5.91 Å². The van der Waals surface area contributed by atoms with Gasteiger partial charge in [-0.2, -0.15) is 0 Å². The number of amides is 3. The Morgan fingerprint density at radius 1 is 1.22 bits per heavy atom. The van der Waals surface area contributed by atoms with Crippen LogP contribution >= 0.6 is 0 Å². The van der Waals surface area contributed by atoms with E-state index in [0.717, 1.165) is 0 Å². The monoisotopic (exact) mass is 259 g/mol. The summed E-state index contributed by atoms with van der Waals surface area (Å²) in [5.74, 6) is -1.89. The number of hydrogen-bond donors (Lipinski definition) is 3. The highest BCUT2D eigenvalue weighted by molar-refractivity contribution is 5.84. The van der Waals surface area contributed by atoms with Gasteiger partial charge < -0.3 is 20.6 Å². The van der Waals surface area contributed by atoms with Crippen molar-refractivity contribution in [3.63, 3.8) is 0 Å². The maximum Gasteiger partial charge on any atom is 0.317 e. The summed E-state index contributed by atoms with van der Waals surface area (Å²) in [5.41, 5.74) is 0. The molecule has 104 valence electrons.